The summed E-state index contributed by atoms with van der Waals surface area (Å²) < 4.78 is 0. The van der Waals surface area contributed by atoms with Crippen molar-refractivity contribution in [3.05, 3.63) is 57.1 Å². The first-order valence-electron chi connectivity index (χ1n) is 8.93. The number of nitrogens with zero attached hydrogens (tertiary/aromatic N) is 3. The molecule has 132 valence electrons. The number of halogens is 2. The molecule has 4 nitrogen and oxygen atoms in total. The number of fused-ring (bicyclic) bond motifs is 1. The average molecular weight is 377 g/mol. The highest BCUT2D eigenvalue weighted by Crippen LogP contribution is 2.26. The molecule has 2 aliphatic rings. The maximum Gasteiger partial charge on any atom is 0.145 e. The summed E-state index contributed by atoms with van der Waals surface area (Å²) in [4.78, 5) is 11.9. The third kappa shape index (κ3) is 3.98. The van der Waals surface area contributed by atoms with Gasteiger partial charge in [0.15, 0.2) is 0 Å². The van der Waals surface area contributed by atoms with Gasteiger partial charge in [-0.1, -0.05) is 35.7 Å². The number of nitrogens with one attached hydrogen (secondary N) is 1. The van der Waals surface area contributed by atoms with E-state index < -0.39 is 0 Å². The average Bonchev–Trinajstić information content (AvgIpc) is 2.65. The first-order chi connectivity index (χ1) is 12.2. The largest absolute Gasteiger partial charge is 0.307 e. The van der Waals surface area contributed by atoms with Crippen LogP contribution in [0.15, 0.2) is 24.4 Å². The van der Waals surface area contributed by atoms with Gasteiger partial charge in [0.25, 0.3) is 0 Å². The predicted molar refractivity (Wildman–Crippen MR) is 101 cm³/mol. The van der Waals surface area contributed by atoms with Gasteiger partial charge < -0.3 is 5.32 Å². The number of benzene rings is 1. The highest BCUT2D eigenvalue weighted by Gasteiger charge is 2.22. The standard InChI is InChI=1S/C19H22Cl2N4/c20-15-5-4-13(9-16(15)21)11-25-8-6-17-14(12-25)10-23-19(24-17)18-3-1-2-7-22-18/h4-5,9-10,18,22H,1-3,6-8,11-12H2/t18-/m1/s1. The van der Waals surface area contributed by atoms with Gasteiger partial charge >= 0.3 is 0 Å². The van der Waals surface area contributed by atoms with Crippen molar-refractivity contribution in [1.82, 2.24) is 20.2 Å². The third-order valence-corrected chi connectivity index (χ3v) is 5.78. The summed E-state index contributed by atoms with van der Waals surface area (Å²) in [5.41, 5.74) is 3.63. The molecule has 0 aliphatic carbocycles. The second-order valence-electron chi connectivity index (χ2n) is 6.91. The Morgan fingerprint density at radius 3 is 2.92 bits per heavy atom. The fourth-order valence-electron chi connectivity index (χ4n) is 3.66. The fourth-order valence-corrected chi connectivity index (χ4v) is 3.98. The lowest BCUT2D eigenvalue weighted by atomic mass is 10.0. The molecule has 0 spiro atoms. The van der Waals surface area contributed by atoms with E-state index >= 15 is 0 Å². The molecule has 25 heavy (non-hydrogen) atoms. The van der Waals surface area contributed by atoms with E-state index in [0.29, 0.717) is 16.1 Å². The van der Waals surface area contributed by atoms with Crippen LogP contribution in [0.25, 0.3) is 0 Å². The summed E-state index contributed by atoms with van der Waals surface area (Å²) in [6.07, 6.45) is 6.65. The molecule has 1 saturated heterocycles. The topological polar surface area (TPSA) is 41.1 Å². The van der Waals surface area contributed by atoms with Crippen LogP contribution in [0.3, 0.4) is 0 Å². The zero-order valence-corrected chi connectivity index (χ0v) is 15.7. The van der Waals surface area contributed by atoms with E-state index in [2.05, 4.69) is 15.2 Å². The van der Waals surface area contributed by atoms with Crippen molar-refractivity contribution in [2.45, 2.75) is 44.8 Å². The van der Waals surface area contributed by atoms with Crippen molar-refractivity contribution in [2.75, 3.05) is 13.1 Å². The third-order valence-electron chi connectivity index (χ3n) is 5.04. The van der Waals surface area contributed by atoms with Crippen molar-refractivity contribution < 1.29 is 0 Å². The normalized spacial score (nSPS) is 21.1. The second-order valence-corrected chi connectivity index (χ2v) is 7.73. The van der Waals surface area contributed by atoms with E-state index in [9.17, 15) is 0 Å². The zero-order valence-electron chi connectivity index (χ0n) is 14.1. The number of aromatic nitrogens is 2. The Bertz CT molecular complexity index is 759. The number of piperidine rings is 1. The van der Waals surface area contributed by atoms with E-state index in [1.54, 1.807) is 0 Å². The Labute approximate surface area is 158 Å². The summed E-state index contributed by atoms with van der Waals surface area (Å²) in [7, 11) is 0. The minimum Gasteiger partial charge on any atom is -0.307 e. The van der Waals surface area contributed by atoms with Crippen molar-refractivity contribution in [3.8, 4) is 0 Å². The van der Waals surface area contributed by atoms with Crippen LogP contribution >= 0.6 is 23.2 Å². The lowest BCUT2D eigenvalue weighted by molar-refractivity contribution is 0.242. The Morgan fingerprint density at radius 1 is 1.20 bits per heavy atom. The first-order valence-corrected chi connectivity index (χ1v) is 9.69. The molecule has 0 radical (unpaired) electrons. The molecule has 6 heteroatoms. The second kappa shape index (κ2) is 7.58. The summed E-state index contributed by atoms with van der Waals surface area (Å²) >= 11 is 12.1. The van der Waals surface area contributed by atoms with Crippen LogP contribution < -0.4 is 5.32 Å². The van der Waals surface area contributed by atoms with Gasteiger partial charge in [0.1, 0.15) is 5.82 Å². The Balaban J connectivity index is 1.45. The molecule has 0 saturated carbocycles. The molecule has 3 heterocycles. The summed E-state index contributed by atoms with van der Waals surface area (Å²) in [5.74, 6) is 0.969. The molecule has 4 rings (SSSR count). The van der Waals surface area contributed by atoms with E-state index in [1.165, 1.54) is 29.7 Å². The number of hydrogen-bond acceptors (Lipinski definition) is 4. The molecule has 1 N–H and O–H groups in total. The Kier molecular flexibility index (Phi) is 5.23. The molecule has 2 aromatic rings. The highest BCUT2D eigenvalue weighted by molar-refractivity contribution is 6.42. The molecule has 0 bridgehead atoms. The SMILES string of the molecule is Clc1ccc(CN2CCc3nc([C@H]4CCCCN4)ncc3C2)cc1Cl. The van der Waals surface area contributed by atoms with E-state index in [0.717, 1.165) is 44.8 Å². The fraction of sp³-hybridized carbons (Fsp3) is 0.474. The molecule has 1 atom stereocenters. The van der Waals surface area contributed by atoms with Gasteiger partial charge in [-0.05, 0) is 37.1 Å². The van der Waals surface area contributed by atoms with Gasteiger partial charge in [-0.15, -0.1) is 0 Å². The smallest absolute Gasteiger partial charge is 0.145 e. The molecular formula is C19H22Cl2N4. The van der Waals surface area contributed by atoms with E-state index in [1.807, 2.05) is 24.4 Å². The van der Waals surface area contributed by atoms with Gasteiger partial charge in [0, 0.05) is 43.5 Å². The van der Waals surface area contributed by atoms with Gasteiger partial charge in [-0.3, -0.25) is 4.90 Å². The maximum absolute atomic E-state index is 6.13. The lowest BCUT2D eigenvalue weighted by Crippen LogP contribution is -2.33. The Hall–Kier alpha value is -1.20. The quantitative estimate of drug-likeness (QED) is 0.872. The molecule has 0 unspecified atom stereocenters. The minimum absolute atomic E-state index is 0.327. The first kappa shape index (κ1) is 17.2. The minimum atomic E-state index is 0.327. The molecule has 0 amide bonds. The molecule has 1 aromatic carbocycles. The van der Waals surface area contributed by atoms with Crippen LogP contribution in [0.2, 0.25) is 10.0 Å². The molecule has 1 aromatic heterocycles. The van der Waals surface area contributed by atoms with Gasteiger partial charge in [0.2, 0.25) is 0 Å². The van der Waals surface area contributed by atoms with E-state index in [4.69, 9.17) is 28.2 Å². The van der Waals surface area contributed by atoms with Crippen LogP contribution in [0.1, 0.15) is 47.9 Å². The summed E-state index contributed by atoms with van der Waals surface area (Å²) in [6.45, 7) is 3.82. The maximum atomic E-state index is 6.13. The van der Waals surface area contributed by atoms with Crippen LogP contribution in [-0.2, 0) is 19.5 Å². The molecule has 1 fully saturated rings. The highest BCUT2D eigenvalue weighted by atomic mass is 35.5. The number of rotatable bonds is 3. The van der Waals surface area contributed by atoms with Crippen LogP contribution in [0.5, 0.6) is 0 Å². The van der Waals surface area contributed by atoms with Crippen LogP contribution in [0.4, 0.5) is 0 Å². The van der Waals surface area contributed by atoms with E-state index in [-0.39, 0.29) is 0 Å². The lowest BCUT2D eigenvalue weighted by Gasteiger charge is -2.29. The molecular weight excluding hydrogens is 355 g/mol. The van der Waals surface area contributed by atoms with Crippen molar-refractivity contribution in [2.24, 2.45) is 0 Å². The van der Waals surface area contributed by atoms with Crippen molar-refractivity contribution in [1.29, 1.82) is 0 Å². The van der Waals surface area contributed by atoms with Crippen LogP contribution in [0, 0.1) is 0 Å². The van der Waals surface area contributed by atoms with Crippen molar-refractivity contribution >= 4 is 23.2 Å². The summed E-state index contributed by atoms with van der Waals surface area (Å²) in [5, 5.41) is 4.75. The van der Waals surface area contributed by atoms with Gasteiger partial charge in [-0.2, -0.15) is 0 Å². The van der Waals surface area contributed by atoms with Gasteiger partial charge in [-0.25, -0.2) is 9.97 Å². The summed E-state index contributed by atoms with van der Waals surface area (Å²) in [6, 6.07) is 6.18. The van der Waals surface area contributed by atoms with Crippen molar-refractivity contribution in [3.63, 3.8) is 0 Å². The van der Waals surface area contributed by atoms with Crippen LogP contribution in [-0.4, -0.2) is 28.0 Å². The molecule has 2 aliphatic heterocycles. The Morgan fingerprint density at radius 2 is 2.12 bits per heavy atom. The zero-order chi connectivity index (χ0) is 17.2. The predicted octanol–water partition coefficient (Wildman–Crippen LogP) is 4.16. The monoisotopic (exact) mass is 376 g/mol. The number of hydrogen-bond donors (Lipinski definition) is 1. The van der Waals surface area contributed by atoms with Gasteiger partial charge in [0.05, 0.1) is 16.1 Å².